The van der Waals surface area contributed by atoms with Gasteiger partial charge in [0.1, 0.15) is 5.75 Å². The Bertz CT molecular complexity index is 363. The second-order valence-electron chi connectivity index (χ2n) is 2.83. The predicted octanol–water partition coefficient (Wildman–Crippen LogP) is 2.23. The minimum atomic E-state index is -4.42. The Morgan fingerprint density at radius 3 is 2.73 bits per heavy atom. The zero-order valence-corrected chi connectivity index (χ0v) is 7.84. The lowest BCUT2D eigenvalue weighted by atomic mass is 10.2. The number of halogens is 3. The summed E-state index contributed by atoms with van der Waals surface area (Å²) in [5, 5.41) is 0. The molecule has 0 N–H and O–H groups in total. The van der Waals surface area contributed by atoms with Crippen LogP contribution in [0.2, 0.25) is 0 Å². The number of carbonyl (C=O) groups excluding carboxylic acids is 1. The van der Waals surface area contributed by atoms with Crippen LogP contribution < -0.4 is 4.74 Å². The van der Waals surface area contributed by atoms with Gasteiger partial charge in [-0.2, -0.15) is 13.2 Å². The Labute approximate surface area is 83.9 Å². The van der Waals surface area contributed by atoms with Crippen molar-refractivity contribution < 1.29 is 22.7 Å². The molecule has 0 aliphatic rings. The van der Waals surface area contributed by atoms with Crippen LogP contribution in [-0.2, 0) is 0 Å². The molecule has 1 heterocycles. The minimum Gasteiger partial charge on any atom is -0.483 e. The molecule has 0 saturated heterocycles. The highest BCUT2D eigenvalue weighted by Gasteiger charge is 2.29. The lowest BCUT2D eigenvalue weighted by Crippen LogP contribution is -2.20. The first kappa shape index (κ1) is 11.5. The standard InChI is InChI=1S/C9H8F3NO2/c1-6(14)7-4-13-3-2-8(7)15-5-9(10,11)12/h2-4H,5H2,1H3. The molecule has 0 amide bonds. The Morgan fingerprint density at radius 1 is 1.53 bits per heavy atom. The van der Waals surface area contributed by atoms with Crippen molar-refractivity contribution in [3.63, 3.8) is 0 Å². The number of rotatable bonds is 3. The quantitative estimate of drug-likeness (QED) is 0.731. The van der Waals surface area contributed by atoms with E-state index < -0.39 is 12.8 Å². The fourth-order valence-corrected chi connectivity index (χ4v) is 0.932. The van der Waals surface area contributed by atoms with Crippen LogP contribution in [0.15, 0.2) is 18.5 Å². The highest BCUT2D eigenvalue weighted by Crippen LogP contribution is 2.21. The summed E-state index contributed by atoms with van der Waals surface area (Å²) in [6.45, 7) is -0.186. The number of ether oxygens (including phenoxy) is 1. The van der Waals surface area contributed by atoms with Crippen LogP contribution in [0.1, 0.15) is 17.3 Å². The zero-order valence-electron chi connectivity index (χ0n) is 7.84. The van der Waals surface area contributed by atoms with Crippen molar-refractivity contribution in [3.8, 4) is 5.75 Å². The molecule has 0 aromatic carbocycles. The molecule has 0 radical (unpaired) electrons. The van der Waals surface area contributed by atoms with E-state index >= 15 is 0 Å². The number of hydrogen-bond acceptors (Lipinski definition) is 3. The summed E-state index contributed by atoms with van der Waals surface area (Å²) in [4.78, 5) is 14.6. The molecular formula is C9H8F3NO2. The summed E-state index contributed by atoms with van der Waals surface area (Å²) in [6.07, 6.45) is -1.98. The molecule has 1 aromatic rings. The van der Waals surface area contributed by atoms with Gasteiger partial charge in [0.05, 0.1) is 5.56 Å². The molecule has 0 aliphatic heterocycles. The van der Waals surface area contributed by atoms with E-state index in [-0.39, 0.29) is 17.1 Å². The third-order valence-corrected chi connectivity index (χ3v) is 1.55. The Balaban J connectivity index is 2.81. The average Bonchev–Trinajstić information content (AvgIpc) is 2.14. The normalized spacial score (nSPS) is 11.2. The van der Waals surface area contributed by atoms with Crippen LogP contribution in [0.3, 0.4) is 0 Å². The first-order valence-corrected chi connectivity index (χ1v) is 4.04. The molecule has 0 bridgehead atoms. The van der Waals surface area contributed by atoms with Crippen LogP contribution in [0.5, 0.6) is 5.75 Å². The second kappa shape index (κ2) is 4.29. The monoisotopic (exact) mass is 219 g/mol. The number of aromatic nitrogens is 1. The predicted molar refractivity (Wildman–Crippen MR) is 45.8 cm³/mol. The van der Waals surface area contributed by atoms with Gasteiger partial charge >= 0.3 is 6.18 Å². The summed E-state index contributed by atoms with van der Waals surface area (Å²) >= 11 is 0. The molecular weight excluding hydrogens is 211 g/mol. The Hall–Kier alpha value is -1.59. The fourth-order valence-electron chi connectivity index (χ4n) is 0.932. The summed E-state index contributed by atoms with van der Waals surface area (Å²) in [5.41, 5.74) is 0.0433. The Morgan fingerprint density at radius 2 is 2.20 bits per heavy atom. The van der Waals surface area contributed by atoms with Crippen LogP contribution >= 0.6 is 0 Å². The molecule has 1 aromatic heterocycles. The van der Waals surface area contributed by atoms with Gasteiger partial charge in [0, 0.05) is 12.4 Å². The zero-order chi connectivity index (χ0) is 11.5. The van der Waals surface area contributed by atoms with Crippen molar-refractivity contribution in [1.29, 1.82) is 0 Å². The topological polar surface area (TPSA) is 39.2 Å². The van der Waals surface area contributed by atoms with Crippen LogP contribution in [0, 0.1) is 0 Å². The highest BCUT2D eigenvalue weighted by molar-refractivity contribution is 5.96. The smallest absolute Gasteiger partial charge is 0.422 e. The van der Waals surface area contributed by atoms with Crippen molar-refractivity contribution in [1.82, 2.24) is 4.98 Å². The summed E-state index contributed by atoms with van der Waals surface area (Å²) in [5.74, 6) is -0.491. The van der Waals surface area contributed by atoms with Gasteiger partial charge in [-0.05, 0) is 13.0 Å². The maximum atomic E-state index is 11.8. The van der Waals surface area contributed by atoms with E-state index in [9.17, 15) is 18.0 Å². The molecule has 0 spiro atoms. The van der Waals surface area contributed by atoms with Gasteiger partial charge in [0.25, 0.3) is 0 Å². The number of nitrogens with zero attached hydrogens (tertiary/aromatic N) is 1. The average molecular weight is 219 g/mol. The first-order chi connectivity index (χ1) is 6.90. The lowest BCUT2D eigenvalue weighted by Gasteiger charge is -2.10. The fraction of sp³-hybridized carbons (Fsp3) is 0.333. The molecule has 1 rings (SSSR count). The van der Waals surface area contributed by atoms with E-state index in [1.54, 1.807) is 0 Å². The van der Waals surface area contributed by atoms with E-state index in [0.717, 1.165) is 0 Å². The summed E-state index contributed by atoms with van der Waals surface area (Å²) in [7, 11) is 0. The summed E-state index contributed by atoms with van der Waals surface area (Å²) < 4.78 is 40.0. The maximum Gasteiger partial charge on any atom is 0.422 e. The van der Waals surface area contributed by atoms with Crippen LogP contribution in [0.4, 0.5) is 13.2 Å². The number of hydrogen-bond donors (Lipinski definition) is 0. The van der Waals surface area contributed by atoms with Gasteiger partial charge in [-0.3, -0.25) is 9.78 Å². The van der Waals surface area contributed by atoms with Crippen molar-refractivity contribution in [3.05, 3.63) is 24.0 Å². The van der Waals surface area contributed by atoms with Crippen molar-refractivity contribution in [2.75, 3.05) is 6.61 Å². The summed E-state index contributed by atoms with van der Waals surface area (Å²) in [6, 6.07) is 1.22. The van der Waals surface area contributed by atoms with E-state index in [1.807, 2.05) is 0 Å². The van der Waals surface area contributed by atoms with Crippen molar-refractivity contribution >= 4 is 5.78 Å². The second-order valence-corrected chi connectivity index (χ2v) is 2.83. The third-order valence-electron chi connectivity index (χ3n) is 1.55. The number of ketones is 1. The number of carbonyl (C=O) groups is 1. The molecule has 6 heteroatoms. The molecule has 82 valence electrons. The van der Waals surface area contributed by atoms with Gasteiger partial charge < -0.3 is 4.74 Å². The van der Waals surface area contributed by atoms with Crippen molar-refractivity contribution in [2.24, 2.45) is 0 Å². The van der Waals surface area contributed by atoms with E-state index in [2.05, 4.69) is 9.72 Å². The molecule has 3 nitrogen and oxygen atoms in total. The third kappa shape index (κ3) is 3.57. The van der Waals surface area contributed by atoms with Crippen LogP contribution in [0.25, 0.3) is 0 Å². The van der Waals surface area contributed by atoms with Gasteiger partial charge in [-0.25, -0.2) is 0 Å². The number of alkyl halides is 3. The number of Topliss-reactive ketones (excluding diaryl/α,β-unsaturated/α-hetero) is 1. The highest BCUT2D eigenvalue weighted by atomic mass is 19.4. The van der Waals surface area contributed by atoms with Gasteiger partial charge in [0.2, 0.25) is 0 Å². The molecule has 0 fully saturated rings. The van der Waals surface area contributed by atoms with Gasteiger partial charge in [-0.15, -0.1) is 0 Å². The van der Waals surface area contributed by atoms with Gasteiger partial charge in [-0.1, -0.05) is 0 Å². The largest absolute Gasteiger partial charge is 0.483 e. The van der Waals surface area contributed by atoms with Gasteiger partial charge in [0.15, 0.2) is 12.4 Å². The molecule has 0 aliphatic carbocycles. The van der Waals surface area contributed by atoms with E-state index in [4.69, 9.17) is 0 Å². The maximum absolute atomic E-state index is 11.8. The molecule has 0 unspecified atom stereocenters. The van der Waals surface area contributed by atoms with E-state index in [1.165, 1.54) is 25.4 Å². The lowest BCUT2D eigenvalue weighted by molar-refractivity contribution is -0.153. The minimum absolute atomic E-state index is 0.0433. The Kier molecular flexibility index (Phi) is 3.28. The van der Waals surface area contributed by atoms with Crippen LogP contribution in [-0.4, -0.2) is 23.6 Å². The number of pyridine rings is 1. The first-order valence-electron chi connectivity index (χ1n) is 4.04. The molecule has 0 saturated carbocycles. The van der Waals surface area contributed by atoms with E-state index in [0.29, 0.717) is 0 Å². The van der Waals surface area contributed by atoms with Crippen molar-refractivity contribution in [2.45, 2.75) is 13.1 Å². The SMILES string of the molecule is CC(=O)c1cnccc1OCC(F)(F)F. The molecule has 0 atom stereocenters. The molecule has 15 heavy (non-hydrogen) atoms.